The van der Waals surface area contributed by atoms with E-state index in [0.717, 1.165) is 0 Å². The van der Waals surface area contributed by atoms with Crippen molar-refractivity contribution in [1.82, 2.24) is 14.0 Å². The summed E-state index contributed by atoms with van der Waals surface area (Å²) in [5.41, 5.74) is -0.190. The average Bonchev–Trinajstić information content (AvgIpc) is 2.08. The highest BCUT2D eigenvalue weighted by Crippen LogP contribution is 2.54. The predicted octanol–water partition coefficient (Wildman–Crippen LogP) is 2.78. The molecule has 0 bridgehead atoms. The summed E-state index contributed by atoms with van der Waals surface area (Å²) in [5.74, 6) is 0. The lowest BCUT2D eigenvalue weighted by molar-refractivity contribution is 0.467. The first-order chi connectivity index (χ1) is 7.54. The largest absolute Gasteiger partial charge is 0.250 e. The molecule has 0 heterocycles. The second kappa shape index (κ2) is 6.05. The van der Waals surface area contributed by atoms with E-state index in [-0.39, 0.29) is 5.54 Å². The molecule has 0 unspecified atom stereocenters. The monoisotopic (exact) mass is 262 g/mol. The average molecular weight is 262 g/mol. The molecule has 0 amide bonds. The van der Waals surface area contributed by atoms with Crippen LogP contribution in [-0.2, 0) is 0 Å². The molecule has 0 N–H and O–H groups in total. The van der Waals surface area contributed by atoms with Crippen LogP contribution in [0.15, 0.2) is 15.2 Å². The van der Waals surface area contributed by atoms with E-state index in [9.17, 15) is 0 Å². The van der Waals surface area contributed by atoms with Crippen LogP contribution < -0.4 is 0 Å². The highest BCUT2D eigenvalue weighted by molar-refractivity contribution is 7.58. The molecule has 0 spiro atoms. The van der Waals surface area contributed by atoms with Crippen LogP contribution in [0.1, 0.15) is 20.8 Å². The zero-order valence-electron chi connectivity index (χ0n) is 12.6. The van der Waals surface area contributed by atoms with Crippen LogP contribution in [0.4, 0.5) is 0 Å². The van der Waals surface area contributed by atoms with E-state index < -0.39 is 7.51 Å². The minimum absolute atomic E-state index is 0.190. The summed E-state index contributed by atoms with van der Waals surface area (Å²) in [5, 5.41) is 8.25. The van der Waals surface area contributed by atoms with Gasteiger partial charge < -0.3 is 0 Å². The molecule has 17 heavy (non-hydrogen) atoms. The molecule has 0 saturated heterocycles. The van der Waals surface area contributed by atoms with Gasteiger partial charge >= 0.3 is 0 Å². The predicted molar refractivity (Wildman–Crippen MR) is 75.0 cm³/mol. The quantitative estimate of drug-likeness (QED) is 0.444. The van der Waals surface area contributed by atoms with Crippen LogP contribution in [0.25, 0.3) is 0 Å². The Balaban J connectivity index is 5.47. The minimum atomic E-state index is -1.93. The zero-order valence-corrected chi connectivity index (χ0v) is 13.5. The molecule has 0 fully saturated rings. The number of nitrogens with zero attached hydrogens (tertiary/aromatic N) is 6. The summed E-state index contributed by atoms with van der Waals surface area (Å²) in [6, 6.07) is 0. The van der Waals surface area contributed by atoms with Crippen molar-refractivity contribution in [1.29, 1.82) is 0 Å². The van der Waals surface area contributed by atoms with Gasteiger partial charge in [0.1, 0.15) is 0 Å². The van der Waals surface area contributed by atoms with E-state index >= 15 is 0 Å². The van der Waals surface area contributed by atoms with Crippen molar-refractivity contribution in [3.05, 3.63) is 0 Å². The van der Waals surface area contributed by atoms with Gasteiger partial charge in [0.15, 0.2) is 7.51 Å². The molecule has 0 aromatic rings. The van der Waals surface area contributed by atoms with Gasteiger partial charge in [-0.15, -0.1) is 4.85 Å². The highest BCUT2D eigenvalue weighted by atomic mass is 31.2. The van der Waals surface area contributed by atoms with E-state index in [1.54, 1.807) is 0 Å². The Bertz CT molecular complexity index is 285. The van der Waals surface area contributed by atoms with Gasteiger partial charge in [-0.3, -0.25) is 14.0 Å². The van der Waals surface area contributed by atoms with Crippen molar-refractivity contribution in [2.24, 2.45) is 15.2 Å². The van der Waals surface area contributed by atoms with Crippen molar-refractivity contribution >= 4 is 7.51 Å². The third kappa shape index (κ3) is 4.47. The summed E-state index contributed by atoms with van der Waals surface area (Å²) in [6.07, 6.45) is 0. The zero-order chi connectivity index (χ0) is 13.9. The molecule has 0 radical (unpaired) electrons. The second-order valence-electron chi connectivity index (χ2n) is 5.53. The fourth-order valence-electron chi connectivity index (χ4n) is 1.52. The minimum Gasteiger partial charge on any atom is -0.250 e. The lowest BCUT2D eigenvalue weighted by atomic mass is 10.1. The van der Waals surface area contributed by atoms with Gasteiger partial charge in [-0.25, -0.2) is 0 Å². The Morgan fingerprint density at radius 2 is 1.12 bits per heavy atom. The molecule has 6 nitrogen and oxygen atoms in total. The summed E-state index contributed by atoms with van der Waals surface area (Å²) < 4.78 is 6.32. The molecule has 102 valence electrons. The number of hydrogen-bond donors (Lipinski definition) is 0. The lowest BCUT2D eigenvalue weighted by Crippen LogP contribution is -2.30. The maximum absolute atomic E-state index is 4.49. The van der Waals surface area contributed by atoms with Crippen molar-refractivity contribution in [2.45, 2.75) is 26.3 Å². The molecule has 0 aliphatic heterocycles. The third-order valence-corrected chi connectivity index (χ3v) is 5.65. The van der Waals surface area contributed by atoms with Gasteiger partial charge in [-0.2, -0.15) is 5.11 Å². The Labute approximate surface area is 106 Å². The molecular formula is C10H27N6P. The molecule has 7 heteroatoms. The summed E-state index contributed by atoms with van der Waals surface area (Å²) in [4.78, 5) is 4.49. The Morgan fingerprint density at radius 1 is 0.765 bits per heavy atom. The molecule has 0 aromatic heterocycles. The maximum atomic E-state index is 4.49. The molecular weight excluding hydrogens is 235 g/mol. The smallest absolute Gasteiger partial charge is 0.193 e. The Kier molecular flexibility index (Phi) is 5.94. The first-order valence-corrected chi connectivity index (χ1v) is 7.21. The lowest BCUT2D eigenvalue weighted by Gasteiger charge is -2.39. The molecule has 0 saturated carbocycles. The van der Waals surface area contributed by atoms with Crippen LogP contribution in [0, 0.1) is 0 Å². The Morgan fingerprint density at radius 3 is 1.35 bits per heavy atom. The number of rotatable bonds is 4. The van der Waals surface area contributed by atoms with E-state index in [0.29, 0.717) is 0 Å². The molecule has 0 aromatic carbocycles. The molecule has 0 aliphatic rings. The van der Waals surface area contributed by atoms with E-state index in [1.165, 1.54) is 0 Å². The van der Waals surface area contributed by atoms with Crippen LogP contribution in [0.5, 0.6) is 0 Å². The fourth-order valence-corrected chi connectivity index (χ4v) is 4.30. The van der Waals surface area contributed by atoms with Crippen molar-refractivity contribution in [2.75, 3.05) is 42.3 Å². The van der Waals surface area contributed by atoms with Gasteiger partial charge in [0.05, 0.1) is 5.54 Å². The maximum Gasteiger partial charge on any atom is 0.193 e. The SMILES string of the molecule is CN(C)P(=NN=NC(C)(C)C)(N(C)C)N(C)C. The van der Waals surface area contributed by atoms with Crippen molar-refractivity contribution < 1.29 is 0 Å². The van der Waals surface area contributed by atoms with Gasteiger partial charge in [0, 0.05) is 0 Å². The normalized spacial score (nSPS) is 14.4. The Hall–Kier alpha value is -0.290. The van der Waals surface area contributed by atoms with Crippen LogP contribution in [0.2, 0.25) is 0 Å². The van der Waals surface area contributed by atoms with E-state index in [4.69, 9.17) is 0 Å². The first kappa shape index (κ1) is 16.7. The van der Waals surface area contributed by atoms with Gasteiger partial charge in [0.25, 0.3) is 0 Å². The molecule has 0 atom stereocenters. The fraction of sp³-hybridized carbons (Fsp3) is 1.00. The van der Waals surface area contributed by atoms with Gasteiger partial charge in [-0.1, -0.05) is 0 Å². The van der Waals surface area contributed by atoms with Gasteiger partial charge in [-0.05, 0) is 68.3 Å². The standard InChI is InChI=1S/C10H27N6P/c1-10(2,3)11-12-13-17(14(4)5,15(6)7)16(8)9/h1-9H3. The first-order valence-electron chi connectivity index (χ1n) is 5.61. The van der Waals surface area contributed by atoms with Crippen molar-refractivity contribution in [3.63, 3.8) is 0 Å². The number of hydrogen-bond acceptors (Lipinski definition) is 1. The van der Waals surface area contributed by atoms with E-state index in [1.807, 2.05) is 63.1 Å². The molecule has 0 rings (SSSR count). The summed E-state index contributed by atoms with van der Waals surface area (Å²) in [6.45, 7) is 6.02. The van der Waals surface area contributed by atoms with Crippen LogP contribution >= 0.6 is 7.51 Å². The van der Waals surface area contributed by atoms with Crippen LogP contribution in [0.3, 0.4) is 0 Å². The highest BCUT2D eigenvalue weighted by Gasteiger charge is 2.28. The van der Waals surface area contributed by atoms with Crippen molar-refractivity contribution in [3.8, 4) is 0 Å². The summed E-state index contributed by atoms with van der Waals surface area (Å²) in [7, 11) is 10.2. The summed E-state index contributed by atoms with van der Waals surface area (Å²) >= 11 is 0. The topological polar surface area (TPSA) is 46.8 Å². The van der Waals surface area contributed by atoms with Gasteiger partial charge in [0.2, 0.25) is 0 Å². The second-order valence-corrected chi connectivity index (χ2v) is 9.18. The third-order valence-electron chi connectivity index (χ3n) is 2.11. The molecule has 0 aliphatic carbocycles. The van der Waals surface area contributed by atoms with Crippen LogP contribution in [-0.4, -0.2) is 61.8 Å². The van der Waals surface area contributed by atoms with E-state index in [2.05, 4.69) is 29.2 Å².